The maximum Gasteiger partial charge on any atom is 0.312 e. The number of rotatable bonds is 5. The first-order valence-corrected chi connectivity index (χ1v) is 8.77. The van der Waals surface area contributed by atoms with Gasteiger partial charge in [-0.25, -0.2) is 4.79 Å². The van der Waals surface area contributed by atoms with E-state index in [-0.39, 0.29) is 12.0 Å². The van der Waals surface area contributed by atoms with Crippen LogP contribution in [0.1, 0.15) is 32.8 Å². The second-order valence-corrected chi connectivity index (χ2v) is 7.61. The predicted molar refractivity (Wildman–Crippen MR) is 97.0 cm³/mol. The Morgan fingerprint density at radius 3 is 2.60 bits per heavy atom. The number of hydrogen-bond donors (Lipinski definition) is 2. The van der Waals surface area contributed by atoms with Crippen LogP contribution in [-0.2, 0) is 16.0 Å². The number of nitrogens with two attached hydrogens (primary N) is 1. The molecule has 1 aliphatic rings. The zero-order valence-corrected chi connectivity index (χ0v) is 15.3. The van der Waals surface area contributed by atoms with E-state index in [9.17, 15) is 9.59 Å². The Morgan fingerprint density at radius 2 is 2.00 bits per heavy atom. The van der Waals surface area contributed by atoms with E-state index in [2.05, 4.69) is 17.4 Å². The van der Waals surface area contributed by atoms with Crippen LogP contribution >= 0.6 is 0 Å². The number of nitrogens with zero attached hydrogens (tertiary/aromatic N) is 1. The molecule has 1 aromatic rings. The molecule has 2 atom stereocenters. The van der Waals surface area contributed by atoms with Crippen molar-refractivity contribution in [2.24, 2.45) is 11.1 Å². The Hall–Kier alpha value is -2.08. The largest absolute Gasteiger partial charge is 0.375 e. The summed E-state index contributed by atoms with van der Waals surface area (Å²) in [6.07, 6.45) is 1.78. The topological polar surface area (TPSA) is 84.7 Å². The molecular formula is C19H29N3O3. The second kappa shape index (κ2) is 8.34. The molecule has 0 aliphatic carbocycles. The minimum absolute atomic E-state index is 0.00658. The number of hydrogen-bond acceptors (Lipinski definition) is 3. The van der Waals surface area contributed by atoms with Gasteiger partial charge < -0.3 is 20.7 Å². The fourth-order valence-corrected chi connectivity index (χ4v) is 3.04. The Bertz CT molecular complexity index is 583. The smallest absolute Gasteiger partial charge is 0.312 e. The Kier molecular flexibility index (Phi) is 6.42. The van der Waals surface area contributed by atoms with E-state index in [0.717, 1.165) is 12.8 Å². The van der Waals surface area contributed by atoms with Gasteiger partial charge in [0.1, 0.15) is 6.04 Å². The summed E-state index contributed by atoms with van der Waals surface area (Å²) in [6, 6.07) is 8.92. The predicted octanol–water partition coefficient (Wildman–Crippen LogP) is 1.93. The molecule has 2 rings (SSSR count). The standard InChI is InChI=1S/C19H29N3O3/c1-19(2,3)16(21-18(20)24)17(23)22-11-12-25-15(13-22)10-9-14-7-5-4-6-8-14/h4-8,15-16H,9-13H2,1-3H3,(H3,20,21,24)/t15-,16-/m1/s1. The average molecular weight is 347 g/mol. The molecule has 0 aromatic heterocycles. The van der Waals surface area contributed by atoms with E-state index in [1.165, 1.54) is 5.56 Å². The lowest BCUT2D eigenvalue weighted by molar-refractivity contribution is -0.143. The maximum atomic E-state index is 12.9. The van der Waals surface area contributed by atoms with Crippen molar-refractivity contribution in [2.45, 2.75) is 45.8 Å². The van der Waals surface area contributed by atoms with Gasteiger partial charge in [0.15, 0.2) is 0 Å². The summed E-state index contributed by atoms with van der Waals surface area (Å²) in [6.45, 7) is 7.33. The minimum atomic E-state index is -0.679. The third-order valence-electron chi connectivity index (χ3n) is 4.45. The number of urea groups is 1. The van der Waals surface area contributed by atoms with E-state index < -0.39 is 17.5 Å². The molecule has 0 radical (unpaired) electrons. The van der Waals surface area contributed by atoms with Crippen molar-refractivity contribution in [3.8, 4) is 0 Å². The quantitative estimate of drug-likeness (QED) is 0.853. The lowest BCUT2D eigenvalue weighted by atomic mass is 9.85. The van der Waals surface area contributed by atoms with Crippen LogP contribution in [0.2, 0.25) is 0 Å². The number of aryl methyl sites for hydroxylation is 1. The summed E-state index contributed by atoms with van der Waals surface area (Å²) in [5, 5.41) is 2.60. The molecule has 1 heterocycles. The molecule has 0 saturated carbocycles. The van der Waals surface area contributed by atoms with Gasteiger partial charge in [0, 0.05) is 13.1 Å². The van der Waals surface area contributed by atoms with Crippen molar-refractivity contribution in [1.29, 1.82) is 0 Å². The first-order chi connectivity index (χ1) is 11.8. The maximum absolute atomic E-state index is 12.9. The Morgan fingerprint density at radius 1 is 1.32 bits per heavy atom. The zero-order chi connectivity index (χ0) is 18.4. The number of nitrogens with one attached hydrogen (secondary N) is 1. The van der Waals surface area contributed by atoms with E-state index >= 15 is 0 Å². The molecular weight excluding hydrogens is 318 g/mol. The second-order valence-electron chi connectivity index (χ2n) is 7.61. The van der Waals surface area contributed by atoms with Crippen molar-refractivity contribution >= 4 is 11.9 Å². The van der Waals surface area contributed by atoms with Crippen LogP contribution < -0.4 is 11.1 Å². The highest BCUT2D eigenvalue weighted by Gasteiger charge is 2.37. The number of primary amides is 1. The van der Waals surface area contributed by atoms with E-state index in [1.807, 2.05) is 39.0 Å². The molecule has 3 N–H and O–H groups in total. The number of carbonyl (C=O) groups excluding carboxylic acids is 2. The van der Waals surface area contributed by atoms with Crippen molar-refractivity contribution in [3.63, 3.8) is 0 Å². The SMILES string of the molecule is CC(C)(C)[C@H](NC(N)=O)C(=O)N1CCO[C@H](CCc2ccccc2)C1. The molecule has 25 heavy (non-hydrogen) atoms. The van der Waals surface area contributed by atoms with Crippen LogP contribution in [0.5, 0.6) is 0 Å². The van der Waals surface area contributed by atoms with Crippen molar-refractivity contribution < 1.29 is 14.3 Å². The van der Waals surface area contributed by atoms with Gasteiger partial charge in [-0.05, 0) is 23.8 Å². The lowest BCUT2D eigenvalue weighted by Gasteiger charge is -2.38. The van der Waals surface area contributed by atoms with Gasteiger partial charge in [-0.2, -0.15) is 0 Å². The number of carbonyl (C=O) groups is 2. The highest BCUT2D eigenvalue weighted by molar-refractivity contribution is 5.87. The van der Waals surface area contributed by atoms with Crippen LogP contribution in [0.4, 0.5) is 4.79 Å². The molecule has 1 fully saturated rings. The molecule has 0 unspecified atom stereocenters. The van der Waals surface area contributed by atoms with E-state index in [4.69, 9.17) is 10.5 Å². The summed E-state index contributed by atoms with van der Waals surface area (Å²) < 4.78 is 5.82. The normalized spacial score (nSPS) is 19.3. The first-order valence-electron chi connectivity index (χ1n) is 8.77. The molecule has 1 aromatic carbocycles. The van der Waals surface area contributed by atoms with Gasteiger partial charge >= 0.3 is 6.03 Å². The molecule has 0 bridgehead atoms. The van der Waals surface area contributed by atoms with E-state index in [0.29, 0.717) is 19.7 Å². The minimum Gasteiger partial charge on any atom is -0.375 e. The highest BCUT2D eigenvalue weighted by Crippen LogP contribution is 2.22. The van der Waals surface area contributed by atoms with Crippen molar-refractivity contribution in [2.75, 3.05) is 19.7 Å². The number of ether oxygens (including phenoxy) is 1. The van der Waals surface area contributed by atoms with Gasteiger partial charge in [0.05, 0.1) is 12.7 Å². The van der Waals surface area contributed by atoms with Crippen LogP contribution in [0.15, 0.2) is 30.3 Å². The third kappa shape index (κ3) is 5.74. The summed E-state index contributed by atoms with van der Waals surface area (Å²) in [5.41, 5.74) is 6.10. The van der Waals surface area contributed by atoms with Crippen molar-refractivity contribution in [3.05, 3.63) is 35.9 Å². The summed E-state index contributed by atoms with van der Waals surface area (Å²) >= 11 is 0. The Balaban J connectivity index is 1.96. The van der Waals surface area contributed by atoms with Gasteiger partial charge in [0.2, 0.25) is 5.91 Å². The van der Waals surface area contributed by atoms with Gasteiger partial charge in [-0.1, -0.05) is 51.1 Å². The number of amides is 3. The van der Waals surface area contributed by atoms with Gasteiger partial charge in [0.25, 0.3) is 0 Å². The number of benzene rings is 1. The number of morpholine rings is 1. The van der Waals surface area contributed by atoms with Crippen LogP contribution in [0.25, 0.3) is 0 Å². The van der Waals surface area contributed by atoms with Gasteiger partial charge in [-0.15, -0.1) is 0 Å². The fraction of sp³-hybridized carbons (Fsp3) is 0.579. The zero-order valence-electron chi connectivity index (χ0n) is 15.3. The lowest BCUT2D eigenvalue weighted by Crippen LogP contribution is -2.58. The monoisotopic (exact) mass is 347 g/mol. The fourth-order valence-electron chi connectivity index (χ4n) is 3.04. The summed E-state index contributed by atoms with van der Waals surface area (Å²) in [5.74, 6) is -0.0979. The summed E-state index contributed by atoms with van der Waals surface area (Å²) in [4.78, 5) is 26.0. The molecule has 1 aliphatic heterocycles. The summed E-state index contributed by atoms with van der Waals surface area (Å²) in [7, 11) is 0. The molecule has 6 nitrogen and oxygen atoms in total. The first kappa shape index (κ1) is 19.2. The van der Waals surface area contributed by atoms with Crippen LogP contribution in [-0.4, -0.2) is 48.7 Å². The van der Waals surface area contributed by atoms with Crippen LogP contribution in [0, 0.1) is 5.41 Å². The molecule has 0 spiro atoms. The molecule has 6 heteroatoms. The van der Waals surface area contributed by atoms with Crippen LogP contribution in [0.3, 0.4) is 0 Å². The Labute approximate surface area is 149 Å². The third-order valence-corrected chi connectivity index (χ3v) is 4.45. The molecule has 138 valence electrons. The average Bonchev–Trinajstić information content (AvgIpc) is 2.57. The highest BCUT2D eigenvalue weighted by atomic mass is 16.5. The molecule has 3 amide bonds. The van der Waals surface area contributed by atoms with Crippen molar-refractivity contribution in [1.82, 2.24) is 10.2 Å². The van der Waals surface area contributed by atoms with Gasteiger partial charge in [-0.3, -0.25) is 4.79 Å². The van der Waals surface area contributed by atoms with E-state index in [1.54, 1.807) is 4.90 Å². The molecule has 1 saturated heterocycles.